The topological polar surface area (TPSA) is 124 Å². The van der Waals surface area contributed by atoms with Crippen molar-refractivity contribution in [1.82, 2.24) is 24.8 Å². The summed E-state index contributed by atoms with van der Waals surface area (Å²) < 4.78 is 32.3. The summed E-state index contributed by atoms with van der Waals surface area (Å²) in [5.74, 6) is 0.794. The Kier molecular flexibility index (Phi) is 8.39. The number of hydrogen-bond donors (Lipinski definition) is 2. The van der Waals surface area contributed by atoms with Crippen molar-refractivity contribution in [3.63, 3.8) is 0 Å². The van der Waals surface area contributed by atoms with E-state index in [9.17, 15) is 9.18 Å². The number of methoxy groups -OCH3 is 2. The molecule has 1 atom stereocenters. The SMILES string of the molecule is COc1cc2ncnc(Nc3cc(C)c(Oc4ccc5nccnc5c4)cc3OC)c2cc1NC(=O)/C(F)=C/[C@H]1CCCN1C. The van der Waals surface area contributed by atoms with Crippen LogP contribution >= 0.6 is 0 Å². The molecule has 0 unspecified atom stereocenters. The number of likely N-dealkylation sites (N-methyl/N-ethyl adjacent to an activating group) is 1. The molecule has 5 aromatic rings. The molecule has 0 spiro atoms. The van der Waals surface area contributed by atoms with Crippen LogP contribution in [-0.4, -0.2) is 64.6 Å². The van der Waals surface area contributed by atoms with Crippen LogP contribution in [0, 0.1) is 6.92 Å². The summed E-state index contributed by atoms with van der Waals surface area (Å²) >= 11 is 0. The molecule has 3 aromatic carbocycles. The lowest BCUT2D eigenvalue weighted by atomic mass is 10.1. The van der Waals surface area contributed by atoms with E-state index in [-0.39, 0.29) is 11.7 Å². The first-order chi connectivity index (χ1) is 21.8. The number of nitrogens with zero attached hydrogens (tertiary/aromatic N) is 5. The van der Waals surface area contributed by atoms with Crippen LogP contribution in [-0.2, 0) is 4.79 Å². The molecule has 1 fully saturated rings. The highest BCUT2D eigenvalue weighted by Gasteiger charge is 2.22. The number of nitrogens with one attached hydrogen (secondary N) is 2. The lowest BCUT2D eigenvalue weighted by Gasteiger charge is -2.17. The Bertz CT molecular complexity index is 1930. The first kappa shape index (κ1) is 29.7. The van der Waals surface area contributed by atoms with Gasteiger partial charge in [-0.3, -0.25) is 19.7 Å². The third-order valence-electron chi connectivity index (χ3n) is 7.76. The van der Waals surface area contributed by atoms with Crippen LogP contribution in [0.3, 0.4) is 0 Å². The van der Waals surface area contributed by atoms with Gasteiger partial charge < -0.3 is 24.8 Å². The van der Waals surface area contributed by atoms with E-state index < -0.39 is 11.7 Å². The van der Waals surface area contributed by atoms with Gasteiger partial charge in [0, 0.05) is 42.0 Å². The number of halogens is 1. The number of aromatic nitrogens is 4. The zero-order valence-corrected chi connectivity index (χ0v) is 25.3. The Morgan fingerprint density at radius 2 is 1.71 bits per heavy atom. The van der Waals surface area contributed by atoms with E-state index in [4.69, 9.17) is 14.2 Å². The van der Waals surface area contributed by atoms with Crippen molar-refractivity contribution >= 4 is 45.0 Å². The van der Waals surface area contributed by atoms with Crippen LogP contribution in [0.25, 0.3) is 21.9 Å². The monoisotopic (exact) mass is 609 g/mol. The number of hydrogen-bond acceptors (Lipinski definition) is 10. The maximum atomic E-state index is 14.9. The van der Waals surface area contributed by atoms with Crippen molar-refractivity contribution in [2.75, 3.05) is 38.4 Å². The molecule has 0 radical (unpaired) electrons. The number of benzene rings is 3. The van der Waals surface area contributed by atoms with Gasteiger partial charge in [0.15, 0.2) is 5.83 Å². The van der Waals surface area contributed by atoms with E-state index in [2.05, 4.69) is 30.6 Å². The van der Waals surface area contributed by atoms with Gasteiger partial charge in [-0.05, 0) is 69.3 Å². The molecule has 3 heterocycles. The smallest absolute Gasteiger partial charge is 0.284 e. The molecule has 1 aliphatic heterocycles. The molecule has 6 rings (SSSR count). The van der Waals surface area contributed by atoms with Crippen molar-refractivity contribution in [2.45, 2.75) is 25.8 Å². The summed E-state index contributed by atoms with van der Waals surface area (Å²) in [6, 6.07) is 12.4. The molecule has 0 saturated carbocycles. The van der Waals surface area contributed by atoms with Crippen LogP contribution in [0.2, 0.25) is 0 Å². The third kappa shape index (κ3) is 6.31. The van der Waals surface area contributed by atoms with E-state index >= 15 is 0 Å². The molecule has 230 valence electrons. The summed E-state index contributed by atoms with van der Waals surface area (Å²) in [5.41, 5.74) is 3.79. The molecular weight excluding hydrogens is 577 g/mol. The Morgan fingerprint density at radius 3 is 2.47 bits per heavy atom. The second-order valence-electron chi connectivity index (χ2n) is 10.7. The molecule has 12 heteroatoms. The highest BCUT2D eigenvalue weighted by molar-refractivity contribution is 6.05. The number of likely N-dealkylation sites (tertiary alicyclic amines) is 1. The fraction of sp³-hybridized carbons (Fsp3) is 0.242. The Hall–Kier alpha value is -5.36. The molecule has 2 N–H and O–H groups in total. The average Bonchev–Trinajstić information content (AvgIpc) is 3.45. The number of carbonyl (C=O) groups excluding carboxylic acids is 1. The fourth-order valence-corrected chi connectivity index (χ4v) is 5.33. The van der Waals surface area contributed by atoms with Crippen LogP contribution in [0.1, 0.15) is 18.4 Å². The van der Waals surface area contributed by atoms with E-state index in [1.54, 1.807) is 37.7 Å². The van der Waals surface area contributed by atoms with Gasteiger partial charge in [0.05, 0.1) is 42.1 Å². The van der Waals surface area contributed by atoms with Gasteiger partial charge in [-0.25, -0.2) is 14.4 Å². The average molecular weight is 610 g/mol. The molecule has 45 heavy (non-hydrogen) atoms. The third-order valence-corrected chi connectivity index (χ3v) is 7.76. The number of ether oxygens (including phenoxy) is 3. The summed E-state index contributed by atoms with van der Waals surface area (Å²) in [5, 5.41) is 6.54. The maximum absolute atomic E-state index is 14.9. The zero-order chi connectivity index (χ0) is 31.5. The lowest BCUT2D eigenvalue weighted by Crippen LogP contribution is -2.24. The van der Waals surface area contributed by atoms with E-state index in [1.807, 2.05) is 43.1 Å². The highest BCUT2D eigenvalue weighted by Crippen LogP contribution is 2.39. The Balaban J connectivity index is 1.28. The minimum atomic E-state index is -0.856. The number of fused-ring (bicyclic) bond motifs is 2. The maximum Gasteiger partial charge on any atom is 0.284 e. The molecule has 0 aliphatic carbocycles. The zero-order valence-electron chi connectivity index (χ0n) is 25.3. The Labute approximate surface area is 259 Å². The predicted octanol–water partition coefficient (Wildman–Crippen LogP) is 6.32. The summed E-state index contributed by atoms with van der Waals surface area (Å²) in [6.45, 7) is 2.78. The summed E-state index contributed by atoms with van der Waals surface area (Å²) in [6.07, 6.45) is 7.82. The van der Waals surface area contributed by atoms with Gasteiger partial charge in [0.2, 0.25) is 0 Å². The molecule has 1 amide bonds. The van der Waals surface area contributed by atoms with Crippen molar-refractivity contribution in [3.8, 4) is 23.0 Å². The summed E-state index contributed by atoms with van der Waals surface area (Å²) in [4.78, 5) is 32.3. The second kappa shape index (κ2) is 12.7. The minimum Gasteiger partial charge on any atom is -0.494 e. The fourth-order valence-electron chi connectivity index (χ4n) is 5.33. The number of amides is 1. The van der Waals surface area contributed by atoms with E-state index in [0.717, 1.165) is 36.0 Å². The van der Waals surface area contributed by atoms with Crippen molar-refractivity contribution in [3.05, 3.63) is 78.7 Å². The van der Waals surface area contributed by atoms with Gasteiger partial charge in [0.25, 0.3) is 5.91 Å². The first-order valence-electron chi connectivity index (χ1n) is 14.4. The quantitative estimate of drug-likeness (QED) is 0.184. The molecule has 0 bridgehead atoms. The molecule has 11 nitrogen and oxygen atoms in total. The number of carbonyl (C=O) groups is 1. The number of aryl methyl sites for hydroxylation is 1. The molecular formula is C33H32FN7O4. The van der Waals surface area contributed by atoms with E-state index in [0.29, 0.717) is 45.4 Å². The van der Waals surface area contributed by atoms with E-state index in [1.165, 1.54) is 19.5 Å². The predicted molar refractivity (Wildman–Crippen MR) is 170 cm³/mol. The lowest BCUT2D eigenvalue weighted by molar-refractivity contribution is -0.114. The van der Waals surface area contributed by atoms with Crippen molar-refractivity contribution < 1.29 is 23.4 Å². The highest BCUT2D eigenvalue weighted by atomic mass is 19.1. The minimum absolute atomic E-state index is 0.115. The van der Waals surface area contributed by atoms with Crippen LogP contribution in [0.15, 0.2) is 73.1 Å². The molecule has 1 saturated heterocycles. The van der Waals surface area contributed by atoms with Gasteiger partial charge in [-0.2, -0.15) is 0 Å². The van der Waals surface area contributed by atoms with Gasteiger partial charge >= 0.3 is 0 Å². The first-order valence-corrected chi connectivity index (χ1v) is 14.4. The van der Waals surface area contributed by atoms with Crippen molar-refractivity contribution in [2.24, 2.45) is 0 Å². The van der Waals surface area contributed by atoms with Crippen LogP contribution < -0.4 is 24.8 Å². The molecule has 2 aromatic heterocycles. The largest absolute Gasteiger partial charge is 0.494 e. The standard InChI is InChI=1S/C33H32FN7O4/c1-19-12-27(31(44-4)17-29(19)45-21-7-8-24-26(14-21)36-10-9-35-24)39-32-22-15-28(30(43-3)16-25(22)37-18-38-32)40-33(42)23(34)13-20-6-5-11-41(20)2/h7-10,12-18,20H,5-6,11H2,1-4H3,(H,40,42)(H,37,38,39)/b23-13-/t20-/m1/s1. The van der Waals surface area contributed by atoms with Crippen LogP contribution in [0.5, 0.6) is 23.0 Å². The number of anilines is 3. The van der Waals surface area contributed by atoms with Gasteiger partial charge in [0.1, 0.15) is 35.1 Å². The normalized spacial score (nSPS) is 15.3. The van der Waals surface area contributed by atoms with Crippen LogP contribution in [0.4, 0.5) is 21.6 Å². The Morgan fingerprint density at radius 1 is 0.933 bits per heavy atom. The van der Waals surface area contributed by atoms with Gasteiger partial charge in [-0.15, -0.1) is 0 Å². The summed E-state index contributed by atoms with van der Waals surface area (Å²) in [7, 11) is 4.95. The van der Waals surface area contributed by atoms with Gasteiger partial charge in [-0.1, -0.05) is 0 Å². The van der Waals surface area contributed by atoms with Crippen molar-refractivity contribution in [1.29, 1.82) is 0 Å². The second-order valence-corrected chi connectivity index (χ2v) is 10.7. The number of rotatable bonds is 9. The molecule has 1 aliphatic rings.